The van der Waals surface area contributed by atoms with Gasteiger partial charge in [-0.2, -0.15) is 8.42 Å². The summed E-state index contributed by atoms with van der Waals surface area (Å²) in [5.41, 5.74) is 0. The van der Waals surface area contributed by atoms with E-state index < -0.39 is 16.1 Å². The summed E-state index contributed by atoms with van der Waals surface area (Å²) < 4.78 is 34.6. The van der Waals surface area contributed by atoms with Crippen LogP contribution in [0.15, 0.2) is 29.2 Å². The van der Waals surface area contributed by atoms with E-state index in [0.717, 1.165) is 12.1 Å². The van der Waals surface area contributed by atoms with Crippen molar-refractivity contribution in [3.8, 4) is 5.75 Å². The van der Waals surface area contributed by atoms with E-state index in [-0.39, 0.29) is 16.5 Å². The van der Waals surface area contributed by atoms with E-state index in [2.05, 4.69) is 4.74 Å². The van der Waals surface area contributed by atoms with Crippen LogP contribution in [0.1, 0.15) is 0 Å². The molecule has 0 bridgehead atoms. The van der Waals surface area contributed by atoms with Crippen molar-refractivity contribution < 1.29 is 22.5 Å². The van der Waals surface area contributed by atoms with E-state index in [1.165, 1.54) is 12.1 Å². The van der Waals surface area contributed by atoms with Crippen molar-refractivity contribution in [2.75, 3.05) is 5.88 Å². The molecule has 0 aliphatic heterocycles. The van der Waals surface area contributed by atoms with Gasteiger partial charge in [0.25, 0.3) is 10.1 Å². The fourth-order valence-electron chi connectivity index (χ4n) is 0.838. The molecule has 0 saturated heterocycles. The van der Waals surface area contributed by atoms with Gasteiger partial charge in [-0.1, -0.05) is 0 Å². The lowest BCUT2D eigenvalue weighted by Gasteiger charge is -2.02. The van der Waals surface area contributed by atoms with Crippen LogP contribution in [0.3, 0.4) is 0 Å². The van der Waals surface area contributed by atoms with Crippen molar-refractivity contribution in [3.05, 3.63) is 24.3 Å². The van der Waals surface area contributed by atoms with Gasteiger partial charge < -0.3 is 4.74 Å². The number of rotatable bonds is 3. The molecular weight excluding hydrogens is 244 g/mol. The number of halogens is 1. The zero-order chi connectivity index (χ0) is 11.5. The topological polar surface area (TPSA) is 80.7 Å². The highest BCUT2D eigenvalue weighted by atomic mass is 35.5. The van der Waals surface area contributed by atoms with Crippen LogP contribution in [0, 0.1) is 0 Å². The van der Waals surface area contributed by atoms with Gasteiger partial charge in [-0.3, -0.25) is 9.35 Å². The fourth-order valence-corrected chi connectivity index (χ4v) is 1.37. The molecule has 1 aromatic rings. The van der Waals surface area contributed by atoms with Gasteiger partial charge in [0.05, 0.1) is 4.90 Å². The number of esters is 1. The van der Waals surface area contributed by atoms with Gasteiger partial charge in [0.1, 0.15) is 11.6 Å². The first kappa shape index (κ1) is 12.0. The van der Waals surface area contributed by atoms with Crippen molar-refractivity contribution in [1.29, 1.82) is 0 Å². The molecule has 15 heavy (non-hydrogen) atoms. The molecule has 0 radical (unpaired) electrons. The largest absolute Gasteiger partial charge is 0.426 e. The van der Waals surface area contributed by atoms with Crippen LogP contribution in [0.2, 0.25) is 0 Å². The molecule has 0 saturated carbocycles. The Labute approximate surface area is 91.4 Å². The molecule has 0 aliphatic rings. The van der Waals surface area contributed by atoms with Crippen molar-refractivity contribution >= 4 is 27.7 Å². The molecule has 0 aromatic heterocycles. The first-order valence-corrected chi connectivity index (χ1v) is 5.75. The Morgan fingerprint density at radius 3 is 2.27 bits per heavy atom. The van der Waals surface area contributed by atoms with E-state index in [9.17, 15) is 13.2 Å². The second kappa shape index (κ2) is 4.61. The maximum absolute atomic E-state index is 10.7. The van der Waals surface area contributed by atoms with E-state index in [0.29, 0.717) is 0 Å². The molecule has 0 heterocycles. The second-order valence-corrected chi connectivity index (χ2v) is 4.24. The summed E-state index contributed by atoms with van der Waals surface area (Å²) >= 11 is 5.20. The molecular formula is C8H7ClO5S. The lowest BCUT2D eigenvalue weighted by Crippen LogP contribution is -2.08. The standard InChI is InChI=1S/C8H7ClO5S/c9-5-8(10)14-6-1-3-7(4-2-6)15(11,12)13/h1-4H,5H2,(H,11,12,13). The molecule has 7 heteroatoms. The van der Waals surface area contributed by atoms with Crippen molar-refractivity contribution in [1.82, 2.24) is 0 Å². The molecule has 82 valence electrons. The number of carbonyl (C=O) groups excluding carboxylic acids is 1. The van der Waals surface area contributed by atoms with E-state index in [4.69, 9.17) is 16.2 Å². The van der Waals surface area contributed by atoms with E-state index in [1.807, 2.05) is 0 Å². The van der Waals surface area contributed by atoms with E-state index in [1.54, 1.807) is 0 Å². The highest BCUT2D eigenvalue weighted by Crippen LogP contribution is 2.15. The Balaban J connectivity index is 2.86. The molecule has 1 aromatic carbocycles. The second-order valence-electron chi connectivity index (χ2n) is 2.55. The van der Waals surface area contributed by atoms with Gasteiger partial charge in [-0.05, 0) is 24.3 Å². The first-order chi connectivity index (χ1) is 6.93. The lowest BCUT2D eigenvalue weighted by molar-refractivity contribution is -0.131. The third kappa shape index (κ3) is 3.50. The zero-order valence-corrected chi connectivity index (χ0v) is 8.96. The van der Waals surface area contributed by atoms with Gasteiger partial charge in [0.15, 0.2) is 0 Å². The van der Waals surface area contributed by atoms with Crippen molar-refractivity contribution in [2.45, 2.75) is 4.90 Å². The number of hydrogen-bond acceptors (Lipinski definition) is 4. The van der Waals surface area contributed by atoms with Gasteiger partial charge in [0.2, 0.25) is 0 Å². The molecule has 0 amide bonds. The maximum Gasteiger partial charge on any atom is 0.326 e. The van der Waals surface area contributed by atoms with Crippen LogP contribution in [0.25, 0.3) is 0 Å². The summed E-state index contributed by atoms with van der Waals surface area (Å²) in [6.45, 7) is 0. The predicted molar refractivity (Wildman–Crippen MR) is 52.6 cm³/mol. The Bertz CT molecular complexity index is 450. The molecule has 0 fully saturated rings. The molecule has 0 atom stereocenters. The normalized spacial score (nSPS) is 11.1. The quantitative estimate of drug-likeness (QED) is 0.376. The number of hydrogen-bond donors (Lipinski definition) is 1. The smallest absolute Gasteiger partial charge is 0.326 e. The highest BCUT2D eigenvalue weighted by Gasteiger charge is 2.09. The van der Waals surface area contributed by atoms with Crippen LogP contribution in [-0.2, 0) is 14.9 Å². The first-order valence-electron chi connectivity index (χ1n) is 3.77. The number of alkyl halides is 1. The summed E-state index contributed by atoms with van der Waals surface area (Å²) in [4.78, 5) is 10.5. The Kier molecular flexibility index (Phi) is 3.67. The molecule has 0 spiro atoms. The number of ether oxygens (including phenoxy) is 1. The predicted octanol–water partition coefficient (Wildman–Crippen LogP) is 1.08. The average molecular weight is 251 g/mol. The van der Waals surface area contributed by atoms with Crippen LogP contribution in [0.4, 0.5) is 0 Å². The van der Waals surface area contributed by atoms with Crippen LogP contribution in [-0.4, -0.2) is 24.8 Å². The van der Waals surface area contributed by atoms with Crippen LogP contribution < -0.4 is 4.74 Å². The minimum atomic E-state index is -4.22. The lowest BCUT2D eigenvalue weighted by atomic mass is 10.3. The average Bonchev–Trinajstić information content (AvgIpc) is 2.17. The summed E-state index contributed by atoms with van der Waals surface area (Å²) in [6.07, 6.45) is 0. The maximum atomic E-state index is 10.7. The molecule has 1 N–H and O–H groups in total. The minimum absolute atomic E-state index is 0.160. The van der Waals surface area contributed by atoms with Gasteiger partial charge in [-0.15, -0.1) is 11.6 Å². The Hall–Kier alpha value is -1.11. The SMILES string of the molecule is O=C(CCl)Oc1ccc(S(=O)(=O)O)cc1. The molecule has 0 unspecified atom stereocenters. The fraction of sp³-hybridized carbons (Fsp3) is 0.125. The highest BCUT2D eigenvalue weighted by molar-refractivity contribution is 7.85. The third-order valence-electron chi connectivity index (χ3n) is 1.46. The molecule has 0 aliphatic carbocycles. The monoisotopic (exact) mass is 250 g/mol. The Morgan fingerprint density at radius 2 is 1.87 bits per heavy atom. The van der Waals surface area contributed by atoms with Crippen molar-refractivity contribution in [2.24, 2.45) is 0 Å². The summed E-state index contributed by atoms with van der Waals surface area (Å²) in [6, 6.07) is 4.72. The minimum Gasteiger partial charge on any atom is -0.426 e. The number of benzene rings is 1. The van der Waals surface area contributed by atoms with Crippen molar-refractivity contribution in [3.63, 3.8) is 0 Å². The van der Waals surface area contributed by atoms with Crippen LogP contribution in [0.5, 0.6) is 5.75 Å². The summed E-state index contributed by atoms with van der Waals surface area (Å²) in [5.74, 6) is -0.774. The Morgan fingerprint density at radius 1 is 1.33 bits per heavy atom. The zero-order valence-electron chi connectivity index (χ0n) is 7.38. The van der Waals surface area contributed by atoms with Crippen LogP contribution >= 0.6 is 11.6 Å². The third-order valence-corrected chi connectivity index (χ3v) is 2.55. The summed E-state index contributed by atoms with van der Waals surface area (Å²) in [7, 11) is -4.22. The molecule has 1 rings (SSSR count). The summed E-state index contributed by atoms with van der Waals surface area (Å²) in [5, 5.41) is 0. The van der Waals surface area contributed by atoms with Gasteiger partial charge >= 0.3 is 5.97 Å². The van der Waals surface area contributed by atoms with Gasteiger partial charge in [-0.25, -0.2) is 0 Å². The van der Waals surface area contributed by atoms with Gasteiger partial charge in [0, 0.05) is 0 Å². The van der Waals surface area contributed by atoms with E-state index >= 15 is 0 Å². The molecule has 5 nitrogen and oxygen atoms in total. The number of carbonyl (C=O) groups is 1.